The lowest BCUT2D eigenvalue weighted by atomic mass is 9.77. The number of aliphatic hydroxyl groups excluding tert-OH is 3. The molecule has 3 rings (SSSR count). The number of carbonyl (C=O) groups excluding carboxylic acids is 1. The molecular formula is C38H72N2O12. The van der Waals surface area contributed by atoms with Crippen LogP contribution in [0.1, 0.15) is 94.9 Å². The van der Waals surface area contributed by atoms with E-state index in [2.05, 4.69) is 0 Å². The van der Waals surface area contributed by atoms with Crippen molar-refractivity contribution in [2.45, 2.75) is 185 Å². The van der Waals surface area contributed by atoms with Crippen LogP contribution in [0.5, 0.6) is 0 Å². The van der Waals surface area contributed by atoms with Crippen LogP contribution in [0.3, 0.4) is 0 Å². The number of rotatable bonds is 7. The van der Waals surface area contributed by atoms with Crippen LogP contribution in [0, 0.1) is 17.8 Å². The van der Waals surface area contributed by atoms with Crippen LogP contribution >= 0.6 is 0 Å². The van der Waals surface area contributed by atoms with Crippen LogP contribution in [0.4, 0.5) is 0 Å². The summed E-state index contributed by atoms with van der Waals surface area (Å²) in [7, 11) is 7.12. The molecule has 306 valence electrons. The Bertz CT molecular complexity index is 1140. The predicted octanol–water partition coefficient (Wildman–Crippen LogP) is 1.90. The van der Waals surface area contributed by atoms with Crippen molar-refractivity contribution in [3.05, 3.63) is 0 Å². The predicted molar refractivity (Wildman–Crippen MR) is 194 cm³/mol. The Balaban J connectivity index is 2.17. The highest BCUT2D eigenvalue weighted by Gasteiger charge is 2.52. The smallest absolute Gasteiger partial charge is 0.311 e. The van der Waals surface area contributed by atoms with Crippen LogP contribution < -0.4 is 0 Å². The quantitative estimate of drug-likeness (QED) is 0.238. The molecule has 0 aromatic rings. The van der Waals surface area contributed by atoms with Gasteiger partial charge in [-0.3, -0.25) is 4.79 Å². The van der Waals surface area contributed by atoms with E-state index < -0.39 is 96.0 Å². The molecule has 14 nitrogen and oxygen atoms in total. The number of hydrogen-bond donors (Lipinski definition) is 5. The number of cyclic esters (lactones) is 1. The molecule has 0 spiro atoms. The molecular weight excluding hydrogens is 676 g/mol. The molecule has 0 amide bonds. The monoisotopic (exact) mass is 749 g/mol. The Kier molecular flexibility index (Phi) is 15.6. The van der Waals surface area contributed by atoms with Gasteiger partial charge in [-0.25, -0.2) is 0 Å². The summed E-state index contributed by atoms with van der Waals surface area (Å²) in [6.45, 7) is 18.0. The Morgan fingerprint density at radius 3 is 2.12 bits per heavy atom. The molecule has 3 aliphatic rings. The van der Waals surface area contributed by atoms with Crippen molar-refractivity contribution in [2.24, 2.45) is 17.8 Å². The zero-order valence-electron chi connectivity index (χ0n) is 34.2. The van der Waals surface area contributed by atoms with Gasteiger partial charge in [0.1, 0.15) is 30.0 Å². The van der Waals surface area contributed by atoms with E-state index in [0.717, 1.165) is 0 Å². The fourth-order valence-corrected chi connectivity index (χ4v) is 8.74. The lowest BCUT2D eigenvalue weighted by Crippen LogP contribution is -2.60. The average molecular weight is 749 g/mol. The second-order valence-corrected chi connectivity index (χ2v) is 17.2. The van der Waals surface area contributed by atoms with Gasteiger partial charge < -0.3 is 63.8 Å². The summed E-state index contributed by atoms with van der Waals surface area (Å²) >= 11 is 0. The summed E-state index contributed by atoms with van der Waals surface area (Å²) in [6, 6.07) is -0.808. The Hall–Kier alpha value is -1.01. The van der Waals surface area contributed by atoms with Crippen molar-refractivity contribution < 1.29 is 58.7 Å². The van der Waals surface area contributed by atoms with Gasteiger partial charge in [0.15, 0.2) is 12.6 Å². The van der Waals surface area contributed by atoms with E-state index in [0.29, 0.717) is 13.0 Å². The maximum Gasteiger partial charge on any atom is 0.311 e. The van der Waals surface area contributed by atoms with E-state index in [1.807, 2.05) is 51.7 Å². The fourth-order valence-electron chi connectivity index (χ4n) is 8.74. The van der Waals surface area contributed by atoms with Crippen molar-refractivity contribution in [1.29, 1.82) is 0 Å². The number of nitrogens with zero attached hydrogens (tertiary/aromatic N) is 2. The number of likely N-dealkylation sites (N-methyl/N-ethyl adjacent to an activating group) is 2. The summed E-state index contributed by atoms with van der Waals surface area (Å²) in [6.07, 6.45) is -8.19. The maximum absolute atomic E-state index is 14.2. The summed E-state index contributed by atoms with van der Waals surface area (Å²) < 4.78 is 37.5. The first-order valence-corrected chi connectivity index (χ1v) is 19.1. The van der Waals surface area contributed by atoms with Gasteiger partial charge in [-0.1, -0.05) is 20.8 Å². The molecule has 52 heavy (non-hydrogen) atoms. The summed E-state index contributed by atoms with van der Waals surface area (Å²) in [5, 5.41) is 58.1. The first-order valence-electron chi connectivity index (χ1n) is 19.1. The largest absolute Gasteiger partial charge is 0.459 e. The van der Waals surface area contributed by atoms with E-state index in [9.17, 15) is 30.3 Å². The molecule has 0 aromatic carbocycles. The van der Waals surface area contributed by atoms with Crippen LogP contribution in [0.15, 0.2) is 0 Å². The summed E-state index contributed by atoms with van der Waals surface area (Å²) in [5.41, 5.74) is -4.37. The molecule has 18 atom stereocenters. The van der Waals surface area contributed by atoms with Crippen LogP contribution in [0.2, 0.25) is 0 Å². The first-order chi connectivity index (χ1) is 23.9. The summed E-state index contributed by atoms with van der Waals surface area (Å²) in [5.74, 6) is -2.58. The molecule has 14 heteroatoms. The second-order valence-electron chi connectivity index (χ2n) is 17.2. The van der Waals surface area contributed by atoms with Gasteiger partial charge >= 0.3 is 5.97 Å². The molecule has 1 unspecified atom stereocenters. The average Bonchev–Trinajstić information content (AvgIpc) is 3.05. The van der Waals surface area contributed by atoms with Crippen molar-refractivity contribution in [3.8, 4) is 0 Å². The molecule has 0 aromatic heterocycles. The molecule has 5 N–H and O–H groups in total. The molecule has 3 saturated heterocycles. The third kappa shape index (κ3) is 10.0. The van der Waals surface area contributed by atoms with E-state index in [4.69, 9.17) is 28.4 Å². The maximum atomic E-state index is 14.2. The third-order valence-corrected chi connectivity index (χ3v) is 12.2. The molecule has 0 radical (unpaired) electrons. The van der Waals surface area contributed by atoms with Crippen molar-refractivity contribution >= 4 is 5.97 Å². The molecule has 0 saturated carbocycles. The van der Waals surface area contributed by atoms with Gasteiger partial charge in [0.05, 0.1) is 41.5 Å². The van der Waals surface area contributed by atoms with Gasteiger partial charge in [0.2, 0.25) is 0 Å². The van der Waals surface area contributed by atoms with Crippen LogP contribution in [-0.4, -0.2) is 166 Å². The molecule has 0 bridgehead atoms. The number of aliphatic hydroxyl groups is 5. The minimum absolute atomic E-state index is 0.133. The van der Waals surface area contributed by atoms with Crippen LogP contribution in [-0.2, 0) is 33.2 Å². The highest BCUT2D eigenvalue weighted by molar-refractivity contribution is 5.73. The van der Waals surface area contributed by atoms with Gasteiger partial charge in [0.25, 0.3) is 0 Å². The third-order valence-electron chi connectivity index (χ3n) is 12.2. The van der Waals surface area contributed by atoms with Crippen LogP contribution in [0.25, 0.3) is 0 Å². The van der Waals surface area contributed by atoms with E-state index in [1.165, 1.54) is 14.0 Å². The Morgan fingerprint density at radius 1 is 0.942 bits per heavy atom. The fraction of sp³-hybridized carbons (Fsp3) is 0.974. The molecule has 3 heterocycles. The van der Waals surface area contributed by atoms with Gasteiger partial charge in [-0.05, 0) is 94.8 Å². The number of ether oxygens (including phenoxy) is 6. The number of methoxy groups -OCH3 is 1. The highest BCUT2D eigenvalue weighted by Crippen LogP contribution is 2.40. The summed E-state index contributed by atoms with van der Waals surface area (Å²) in [4.78, 5) is 18.0. The standard InChI is InChI=1S/C38H72N2O12/c1-15-27-38(10,46)31(42)24(6)40(13)19-20(2)17-36(8,45)33(52-35-29(41)26(39(11)12)16-21(3)48-35)22(4)30(23(5)34(44)50-27)51-28-18-37(9,47-14)32(43)25(7)49-28/h20-33,35,41-43,45-46H,15-19H2,1-14H3/t20-,21-,22+,23-,24-,25+,26+,27-,28+,29-,30+,31-,32?,33-,35+,36-,37-,38-/m1/s1. The lowest BCUT2D eigenvalue weighted by molar-refractivity contribution is -0.318. The SMILES string of the molecule is CC[C@H]1OC(=O)[C@H](C)[C@@H](O[C@H]2C[C@@](C)(OC)C(O)[C@H](C)O2)[C@H](C)[C@@H](O[C@@H]2O[C@H](C)C[C@H](N(C)C)[C@H]2O)[C@](C)(O)C[C@@H](C)CN(C)[C@H](C)[C@@H](O)[C@]1(C)O. The minimum Gasteiger partial charge on any atom is -0.459 e. The van der Waals surface area contributed by atoms with Crippen molar-refractivity contribution in [2.75, 3.05) is 34.8 Å². The van der Waals surface area contributed by atoms with E-state index in [1.54, 1.807) is 41.5 Å². The number of carbonyl (C=O) groups is 1. The van der Waals surface area contributed by atoms with E-state index in [-0.39, 0.29) is 37.3 Å². The van der Waals surface area contributed by atoms with Gasteiger partial charge in [-0.15, -0.1) is 0 Å². The van der Waals surface area contributed by atoms with Crippen molar-refractivity contribution in [3.63, 3.8) is 0 Å². The zero-order chi connectivity index (χ0) is 39.7. The Morgan fingerprint density at radius 2 is 1.56 bits per heavy atom. The second kappa shape index (κ2) is 17.8. The topological polar surface area (TPSA) is 180 Å². The van der Waals surface area contributed by atoms with E-state index >= 15 is 0 Å². The normalized spacial score (nSPS) is 49.6. The lowest BCUT2D eigenvalue weighted by Gasteiger charge is -2.48. The Labute approximate surface area is 312 Å². The zero-order valence-corrected chi connectivity index (χ0v) is 34.2. The highest BCUT2D eigenvalue weighted by atomic mass is 16.7. The minimum atomic E-state index is -1.80. The van der Waals surface area contributed by atoms with Crippen molar-refractivity contribution in [1.82, 2.24) is 9.80 Å². The molecule has 0 aliphatic carbocycles. The molecule has 3 fully saturated rings. The molecule has 3 aliphatic heterocycles. The number of esters is 1. The first kappa shape index (κ1) is 45.4. The van der Waals surface area contributed by atoms with Gasteiger partial charge in [-0.2, -0.15) is 0 Å². The van der Waals surface area contributed by atoms with Gasteiger partial charge in [0, 0.05) is 38.1 Å². The number of hydrogen-bond acceptors (Lipinski definition) is 14.